The number of carbonyl (C=O) groups excluding carboxylic acids is 4. The molecule has 0 spiro atoms. The number of hydrogen-bond acceptors (Lipinski definition) is 8. The molecule has 188 valence electrons. The molecule has 13 nitrogen and oxygen atoms in total. The first-order valence-corrected chi connectivity index (χ1v) is 10.4. The maximum Gasteiger partial charge on any atom is 0.326 e. The molecule has 0 fully saturated rings. The fourth-order valence-corrected chi connectivity index (χ4v) is 2.89. The Morgan fingerprint density at radius 1 is 0.912 bits per heavy atom. The van der Waals surface area contributed by atoms with Crippen molar-refractivity contribution in [1.82, 2.24) is 16.0 Å². The number of amides is 4. The molecule has 4 atom stereocenters. The fourth-order valence-electron chi connectivity index (χ4n) is 2.89. The number of benzene rings is 1. The molecule has 0 aromatic heterocycles. The van der Waals surface area contributed by atoms with E-state index in [0.29, 0.717) is 5.56 Å². The number of aliphatic hydroxyl groups is 1. The Bertz CT molecular complexity index is 890. The molecule has 4 amide bonds. The van der Waals surface area contributed by atoms with Gasteiger partial charge in [-0.2, -0.15) is 0 Å². The van der Waals surface area contributed by atoms with Gasteiger partial charge in [0.2, 0.25) is 23.6 Å². The first-order valence-electron chi connectivity index (χ1n) is 10.4. The van der Waals surface area contributed by atoms with Crippen LogP contribution < -0.4 is 27.4 Å². The summed E-state index contributed by atoms with van der Waals surface area (Å²) in [4.78, 5) is 60.7. The van der Waals surface area contributed by atoms with Crippen molar-refractivity contribution in [2.45, 2.75) is 50.9 Å². The number of nitrogens with two attached hydrogens (primary N) is 2. The van der Waals surface area contributed by atoms with Crippen LogP contribution in [0.4, 0.5) is 0 Å². The molecule has 10 N–H and O–H groups in total. The average molecular weight is 482 g/mol. The molecule has 1 aromatic rings. The molecule has 0 aliphatic carbocycles. The Labute approximate surface area is 195 Å². The van der Waals surface area contributed by atoms with E-state index in [9.17, 15) is 34.2 Å². The Morgan fingerprint density at radius 3 is 1.91 bits per heavy atom. The SMILES string of the molecule is CC(C)C(NC(=O)C(Cc1ccc(O)cc1)NC(=O)C(CC(N)=O)NC(=O)C(N)CO)C(=O)O. The van der Waals surface area contributed by atoms with Crippen LogP contribution in [0, 0.1) is 5.92 Å². The van der Waals surface area contributed by atoms with E-state index in [4.69, 9.17) is 16.6 Å². The van der Waals surface area contributed by atoms with Crippen molar-refractivity contribution in [3.8, 4) is 5.75 Å². The highest BCUT2D eigenvalue weighted by atomic mass is 16.4. The molecule has 13 heteroatoms. The van der Waals surface area contributed by atoms with E-state index in [1.54, 1.807) is 13.8 Å². The Morgan fingerprint density at radius 2 is 1.44 bits per heavy atom. The number of primary amides is 1. The Balaban J connectivity index is 3.16. The van der Waals surface area contributed by atoms with Crippen molar-refractivity contribution in [3.05, 3.63) is 29.8 Å². The lowest BCUT2D eigenvalue weighted by atomic mass is 10.0. The number of aliphatic carboxylic acids is 1. The van der Waals surface area contributed by atoms with E-state index in [1.807, 2.05) is 0 Å². The van der Waals surface area contributed by atoms with Gasteiger partial charge in [0.05, 0.1) is 13.0 Å². The standard InChI is InChI=1S/C21H31N5O8/c1-10(2)17(21(33)34)26-20(32)14(7-11-3-5-12(28)6-4-11)25-19(31)15(8-16(23)29)24-18(30)13(22)9-27/h3-6,10,13-15,17,27-28H,7-9,22H2,1-2H3,(H2,23,29)(H,24,30)(H,25,31)(H,26,32)(H,33,34). The molecule has 0 aliphatic rings. The second-order valence-corrected chi connectivity index (χ2v) is 8.02. The lowest BCUT2D eigenvalue weighted by Crippen LogP contribution is -2.59. The van der Waals surface area contributed by atoms with Crippen LogP contribution in [0.25, 0.3) is 0 Å². The van der Waals surface area contributed by atoms with E-state index < -0.39 is 72.7 Å². The van der Waals surface area contributed by atoms with Gasteiger partial charge in [0.1, 0.15) is 29.9 Å². The number of hydrogen-bond donors (Lipinski definition) is 8. The summed E-state index contributed by atoms with van der Waals surface area (Å²) >= 11 is 0. The highest BCUT2D eigenvalue weighted by Gasteiger charge is 2.32. The second-order valence-electron chi connectivity index (χ2n) is 8.02. The van der Waals surface area contributed by atoms with Gasteiger partial charge in [0.15, 0.2) is 0 Å². The lowest BCUT2D eigenvalue weighted by Gasteiger charge is -2.25. The van der Waals surface area contributed by atoms with Crippen LogP contribution in [0.15, 0.2) is 24.3 Å². The number of phenols is 1. The normalized spacial score (nSPS) is 14.4. The molecular formula is C21H31N5O8. The van der Waals surface area contributed by atoms with Gasteiger partial charge in [-0.1, -0.05) is 26.0 Å². The van der Waals surface area contributed by atoms with E-state index >= 15 is 0 Å². The van der Waals surface area contributed by atoms with Crippen LogP contribution in [-0.2, 0) is 30.4 Å². The molecule has 0 saturated carbocycles. The number of rotatable bonds is 13. The lowest BCUT2D eigenvalue weighted by molar-refractivity contribution is -0.143. The van der Waals surface area contributed by atoms with Crippen LogP contribution in [0.2, 0.25) is 0 Å². The van der Waals surface area contributed by atoms with Crippen molar-refractivity contribution in [2.75, 3.05) is 6.61 Å². The zero-order valence-electron chi connectivity index (χ0n) is 18.9. The highest BCUT2D eigenvalue weighted by molar-refractivity contribution is 5.96. The molecule has 0 radical (unpaired) electrons. The van der Waals surface area contributed by atoms with Crippen molar-refractivity contribution < 1.29 is 39.3 Å². The van der Waals surface area contributed by atoms with Gasteiger partial charge in [0.25, 0.3) is 0 Å². The number of phenolic OH excluding ortho intramolecular Hbond substituents is 1. The first-order chi connectivity index (χ1) is 15.8. The first kappa shape index (κ1) is 28.3. The van der Waals surface area contributed by atoms with Gasteiger partial charge < -0.3 is 42.7 Å². The molecule has 0 heterocycles. The summed E-state index contributed by atoms with van der Waals surface area (Å²) in [6.45, 7) is 2.47. The Kier molecular flexibility index (Phi) is 10.9. The van der Waals surface area contributed by atoms with Crippen LogP contribution in [0.3, 0.4) is 0 Å². The molecule has 0 bridgehead atoms. The monoisotopic (exact) mass is 481 g/mol. The Hall–Kier alpha value is -3.71. The van der Waals surface area contributed by atoms with E-state index in [2.05, 4.69) is 16.0 Å². The zero-order chi connectivity index (χ0) is 26.0. The number of aliphatic hydroxyl groups excluding tert-OH is 1. The molecule has 1 rings (SSSR count). The van der Waals surface area contributed by atoms with E-state index in [0.717, 1.165) is 0 Å². The molecule has 4 unspecified atom stereocenters. The van der Waals surface area contributed by atoms with Gasteiger partial charge in [-0.05, 0) is 23.6 Å². The van der Waals surface area contributed by atoms with Crippen molar-refractivity contribution in [2.24, 2.45) is 17.4 Å². The zero-order valence-corrected chi connectivity index (χ0v) is 18.9. The number of carboxylic acids is 1. The smallest absolute Gasteiger partial charge is 0.326 e. The number of carbonyl (C=O) groups is 5. The minimum atomic E-state index is -1.50. The summed E-state index contributed by atoms with van der Waals surface area (Å²) in [5.41, 5.74) is 11.1. The third-order valence-electron chi connectivity index (χ3n) is 4.81. The number of carboxylic acid groups (broad SMARTS) is 1. The minimum Gasteiger partial charge on any atom is -0.508 e. The van der Waals surface area contributed by atoms with Gasteiger partial charge in [0, 0.05) is 6.42 Å². The largest absolute Gasteiger partial charge is 0.508 e. The van der Waals surface area contributed by atoms with Crippen LogP contribution in [-0.4, -0.2) is 75.7 Å². The van der Waals surface area contributed by atoms with Gasteiger partial charge in [-0.25, -0.2) is 4.79 Å². The third kappa shape index (κ3) is 9.03. The summed E-state index contributed by atoms with van der Waals surface area (Å²) in [6, 6.07) is 0.329. The van der Waals surface area contributed by atoms with Crippen molar-refractivity contribution >= 4 is 29.6 Å². The highest BCUT2D eigenvalue weighted by Crippen LogP contribution is 2.12. The van der Waals surface area contributed by atoms with E-state index in [1.165, 1.54) is 24.3 Å². The maximum atomic E-state index is 12.9. The summed E-state index contributed by atoms with van der Waals surface area (Å²) < 4.78 is 0. The van der Waals surface area contributed by atoms with E-state index in [-0.39, 0.29) is 12.2 Å². The van der Waals surface area contributed by atoms with Gasteiger partial charge >= 0.3 is 5.97 Å². The van der Waals surface area contributed by atoms with Crippen LogP contribution >= 0.6 is 0 Å². The summed E-state index contributed by atoms with van der Waals surface area (Å²) in [5.74, 6) is -5.38. The summed E-state index contributed by atoms with van der Waals surface area (Å²) in [6.07, 6.45) is -0.720. The number of aromatic hydroxyl groups is 1. The second kappa shape index (κ2) is 13.1. The number of nitrogens with one attached hydrogen (secondary N) is 3. The average Bonchev–Trinajstić information content (AvgIpc) is 2.76. The predicted octanol–water partition coefficient (Wildman–Crippen LogP) is -2.68. The van der Waals surface area contributed by atoms with Crippen LogP contribution in [0.5, 0.6) is 5.75 Å². The molecule has 34 heavy (non-hydrogen) atoms. The van der Waals surface area contributed by atoms with Gasteiger partial charge in [-0.15, -0.1) is 0 Å². The van der Waals surface area contributed by atoms with Crippen molar-refractivity contribution in [3.63, 3.8) is 0 Å². The molecule has 1 aromatic carbocycles. The summed E-state index contributed by atoms with van der Waals surface area (Å²) in [7, 11) is 0. The molecule has 0 saturated heterocycles. The maximum absolute atomic E-state index is 12.9. The van der Waals surface area contributed by atoms with Crippen molar-refractivity contribution in [1.29, 1.82) is 0 Å². The molecular weight excluding hydrogens is 450 g/mol. The summed E-state index contributed by atoms with van der Waals surface area (Å²) in [5, 5.41) is 34.8. The minimum absolute atomic E-state index is 0.0241. The van der Waals surface area contributed by atoms with Gasteiger partial charge in [-0.3, -0.25) is 19.2 Å². The molecule has 0 aliphatic heterocycles. The van der Waals surface area contributed by atoms with Crippen LogP contribution in [0.1, 0.15) is 25.8 Å². The quantitative estimate of drug-likeness (QED) is 0.146. The predicted molar refractivity (Wildman–Crippen MR) is 119 cm³/mol. The third-order valence-corrected chi connectivity index (χ3v) is 4.81. The fraction of sp³-hybridized carbons (Fsp3) is 0.476. The topological polar surface area (TPSA) is 234 Å².